The molecule has 1 aromatic carbocycles. The van der Waals surface area contributed by atoms with Crippen molar-refractivity contribution in [3.05, 3.63) is 60.0 Å². The molecule has 0 saturated carbocycles. The fourth-order valence-corrected chi connectivity index (χ4v) is 2.22. The van der Waals surface area contributed by atoms with Gasteiger partial charge in [-0.15, -0.1) is 0 Å². The number of ether oxygens (including phenoxy) is 1. The quantitative estimate of drug-likeness (QED) is 0.714. The Hall–Kier alpha value is -2.96. The summed E-state index contributed by atoms with van der Waals surface area (Å²) in [7, 11) is 0. The molecule has 0 spiro atoms. The lowest BCUT2D eigenvalue weighted by molar-refractivity contribution is 0.326. The molecule has 0 fully saturated rings. The summed E-state index contributed by atoms with van der Waals surface area (Å²) in [6.45, 7) is 4.41. The first-order valence-electron chi connectivity index (χ1n) is 7.82. The highest BCUT2D eigenvalue weighted by atomic mass is 16.5. The first-order chi connectivity index (χ1) is 11.7. The molecule has 0 amide bonds. The van der Waals surface area contributed by atoms with Crippen LogP contribution in [0.5, 0.6) is 5.88 Å². The van der Waals surface area contributed by atoms with E-state index in [9.17, 15) is 0 Å². The van der Waals surface area contributed by atoms with Gasteiger partial charge in [0.25, 0.3) is 0 Å². The zero-order valence-corrected chi connectivity index (χ0v) is 13.6. The largest absolute Gasteiger partial charge is 0.478 e. The molecule has 0 bridgehead atoms. The first-order valence-corrected chi connectivity index (χ1v) is 7.82. The zero-order valence-electron chi connectivity index (χ0n) is 13.6. The van der Waals surface area contributed by atoms with Crippen molar-refractivity contribution in [1.29, 1.82) is 0 Å². The monoisotopic (exact) mass is 325 g/mol. The van der Waals surface area contributed by atoms with E-state index < -0.39 is 0 Å². The van der Waals surface area contributed by atoms with Crippen LogP contribution in [-0.2, 0) is 6.42 Å². The van der Waals surface area contributed by atoms with E-state index in [4.69, 9.17) is 9.26 Å². The molecule has 7 nitrogen and oxygen atoms in total. The van der Waals surface area contributed by atoms with Gasteiger partial charge >= 0.3 is 0 Å². The summed E-state index contributed by atoms with van der Waals surface area (Å²) in [6, 6.07) is 11.6. The highest BCUT2D eigenvalue weighted by molar-refractivity contribution is 5.38. The molecule has 1 N–H and O–H groups in total. The lowest BCUT2D eigenvalue weighted by Crippen LogP contribution is -2.10. The second kappa shape index (κ2) is 7.54. The summed E-state index contributed by atoms with van der Waals surface area (Å²) in [6.07, 6.45) is 2.07. The molecule has 0 aliphatic rings. The standard InChI is InChI=1S/C17H19N5O2/c1-3-23-15-10-14(18-11-19-15)20-12(2)17-21-16(24-22-17)9-13-7-5-4-6-8-13/h4-8,10-12H,3,9H2,1-2H3,(H,18,19,20). The third kappa shape index (κ3) is 4.07. The van der Waals surface area contributed by atoms with Gasteiger partial charge in [-0.1, -0.05) is 35.5 Å². The van der Waals surface area contributed by atoms with Crippen molar-refractivity contribution in [2.75, 3.05) is 11.9 Å². The SMILES string of the molecule is CCOc1cc(NC(C)c2noc(Cc3ccccc3)n2)ncn1. The van der Waals surface area contributed by atoms with Gasteiger partial charge in [0, 0.05) is 6.07 Å². The first kappa shape index (κ1) is 15.9. The Morgan fingerprint density at radius 3 is 2.83 bits per heavy atom. The number of nitrogens with one attached hydrogen (secondary N) is 1. The molecule has 1 atom stereocenters. The highest BCUT2D eigenvalue weighted by Crippen LogP contribution is 2.18. The predicted octanol–water partition coefficient (Wildman–Crippen LogP) is 3.02. The summed E-state index contributed by atoms with van der Waals surface area (Å²) in [5, 5.41) is 7.26. The van der Waals surface area contributed by atoms with E-state index >= 15 is 0 Å². The molecule has 24 heavy (non-hydrogen) atoms. The number of nitrogens with zero attached hydrogens (tertiary/aromatic N) is 4. The van der Waals surface area contributed by atoms with Crippen LogP contribution in [0.15, 0.2) is 47.2 Å². The molecular formula is C17H19N5O2. The zero-order chi connectivity index (χ0) is 16.8. The second-order valence-electron chi connectivity index (χ2n) is 5.25. The van der Waals surface area contributed by atoms with Crippen LogP contribution >= 0.6 is 0 Å². The molecule has 3 aromatic rings. The Morgan fingerprint density at radius 1 is 1.21 bits per heavy atom. The van der Waals surface area contributed by atoms with E-state index in [0.717, 1.165) is 5.56 Å². The summed E-state index contributed by atoms with van der Waals surface area (Å²) in [4.78, 5) is 12.7. The highest BCUT2D eigenvalue weighted by Gasteiger charge is 2.15. The van der Waals surface area contributed by atoms with E-state index in [1.54, 1.807) is 6.07 Å². The van der Waals surface area contributed by atoms with Gasteiger partial charge in [-0.05, 0) is 19.4 Å². The van der Waals surface area contributed by atoms with Crippen LogP contribution in [0, 0.1) is 0 Å². The normalized spacial score (nSPS) is 11.9. The Labute approximate surface area is 140 Å². The third-order valence-corrected chi connectivity index (χ3v) is 3.37. The fourth-order valence-electron chi connectivity index (χ4n) is 2.22. The van der Waals surface area contributed by atoms with Gasteiger partial charge in [-0.25, -0.2) is 9.97 Å². The number of aromatic nitrogens is 4. The van der Waals surface area contributed by atoms with Crippen molar-refractivity contribution in [3.63, 3.8) is 0 Å². The molecule has 0 aliphatic carbocycles. The molecule has 124 valence electrons. The van der Waals surface area contributed by atoms with E-state index in [2.05, 4.69) is 25.4 Å². The molecule has 1 unspecified atom stereocenters. The molecule has 0 saturated heterocycles. The van der Waals surface area contributed by atoms with Crippen LogP contribution in [0.4, 0.5) is 5.82 Å². The minimum absolute atomic E-state index is 0.150. The van der Waals surface area contributed by atoms with Crippen molar-refractivity contribution in [2.45, 2.75) is 26.3 Å². The average molecular weight is 325 g/mol. The number of hydrogen-bond donors (Lipinski definition) is 1. The number of rotatable bonds is 7. The molecular weight excluding hydrogens is 306 g/mol. The molecule has 2 aromatic heterocycles. The van der Waals surface area contributed by atoms with Crippen LogP contribution < -0.4 is 10.1 Å². The van der Waals surface area contributed by atoms with E-state index in [1.807, 2.05) is 44.2 Å². The van der Waals surface area contributed by atoms with E-state index in [-0.39, 0.29) is 6.04 Å². The van der Waals surface area contributed by atoms with Gasteiger partial charge in [0.2, 0.25) is 11.8 Å². The maximum Gasteiger partial charge on any atom is 0.231 e. The Balaban J connectivity index is 1.65. The summed E-state index contributed by atoms with van der Waals surface area (Å²) in [5.74, 6) is 2.34. The number of anilines is 1. The summed E-state index contributed by atoms with van der Waals surface area (Å²) < 4.78 is 10.7. The lowest BCUT2D eigenvalue weighted by Gasteiger charge is -2.11. The lowest BCUT2D eigenvalue weighted by atomic mass is 10.1. The van der Waals surface area contributed by atoms with Crippen molar-refractivity contribution in [2.24, 2.45) is 0 Å². The predicted molar refractivity (Wildman–Crippen MR) is 88.8 cm³/mol. The Kier molecular flexibility index (Phi) is 5.00. The maximum absolute atomic E-state index is 5.36. The van der Waals surface area contributed by atoms with Crippen LogP contribution in [0.1, 0.15) is 37.2 Å². The van der Waals surface area contributed by atoms with Gasteiger partial charge < -0.3 is 14.6 Å². The van der Waals surface area contributed by atoms with Crippen LogP contribution in [0.2, 0.25) is 0 Å². The average Bonchev–Trinajstić information content (AvgIpc) is 3.05. The van der Waals surface area contributed by atoms with Gasteiger partial charge in [0.05, 0.1) is 19.1 Å². The Bertz CT molecular complexity index is 775. The van der Waals surface area contributed by atoms with Gasteiger partial charge in [0.15, 0.2) is 5.82 Å². The molecule has 7 heteroatoms. The Morgan fingerprint density at radius 2 is 2.04 bits per heavy atom. The smallest absolute Gasteiger partial charge is 0.231 e. The van der Waals surface area contributed by atoms with Gasteiger partial charge in [0.1, 0.15) is 12.1 Å². The summed E-state index contributed by atoms with van der Waals surface area (Å²) in [5.41, 5.74) is 1.13. The number of hydrogen-bond acceptors (Lipinski definition) is 7. The minimum Gasteiger partial charge on any atom is -0.478 e. The minimum atomic E-state index is -0.150. The molecule has 2 heterocycles. The molecule has 3 rings (SSSR count). The van der Waals surface area contributed by atoms with Crippen molar-refractivity contribution >= 4 is 5.82 Å². The van der Waals surface area contributed by atoms with Gasteiger partial charge in [-0.3, -0.25) is 0 Å². The molecule has 0 radical (unpaired) electrons. The van der Waals surface area contributed by atoms with Crippen molar-refractivity contribution < 1.29 is 9.26 Å². The van der Waals surface area contributed by atoms with Crippen LogP contribution in [0.25, 0.3) is 0 Å². The molecule has 0 aliphatic heterocycles. The van der Waals surface area contributed by atoms with Crippen LogP contribution in [-0.4, -0.2) is 26.7 Å². The maximum atomic E-state index is 5.36. The van der Waals surface area contributed by atoms with Gasteiger partial charge in [-0.2, -0.15) is 4.98 Å². The van der Waals surface area contributed by atoms with Crippen molar-refractivity contribution in [3.8, 4) is 5.88 Å². The fraction of sp³-hybridized carbons (Fsp3) is 0.294. The van der Waals surface area contributed by atoms with E-state index in [0.29, 0.717) is 36.4 Å². The second-order valence-corrected chi connectivity index (χ2v) is 5.25. The third-order valence-electron chi connectivity index (χ3n) is 3.37. The van der Waals surface area contributed by atoms with Crippen LogP contribution in [0.3, 0.4) is 0 Å². The van der Waals surface area contributed by atoms with Crippen molar-refractivity contribution in [1.82, 2.24) is 20.1 Å². The summed E-state index contributed by atoms with van der Waals surface area (Å²) >= 11 is 0. The number of benzene rings is 1. The van der Waals surface area contributed by atoms with E-state index in [1.165, 1.54) is 6.33 Å². The topological polar surface area (TPSA) is 86.0 Å².